The number of carbonyl (C=O) groups is 3. The van der Waals surface area contributed by atoms with Crippen molar-refractivity contribution in [1.29, 1.82) is 0 Å². The molecule has 8 nitrogen and oxygen atoms in total. The maximum Gasteiger partial charge on any atom is 0.407 e. The van der Waals surface area contributed by atoms with E-state index in [9.17, 15) is 18.8 Å². The molecule has 150 valence electrons. The summed E-state index contributed by atoms with van der Waals surface area (Å²) in [7, 11) is 0. The number of aromatic nitrogens is 1. The molecule has 27 heavy (non-hydrogen) atoms. The first-order valence-electron chi connectivity index (χ1n) is 8.35. The fourth-order valence-corrected chi connectivity index (χ4v) is 2.16. The largest absolute Gasteiger partial charge is 0.444 e. The molecule has 0 bridgehead atoms. The van der Waals surface area contributed by atoms with Crippen LogP contribution >= 0.6 is 11.9 Å². The molecule has 1 aromatic heterocycles. The average molecular weight is 404 g/mol. The van der Waals surface area contributed by atoms with Crippen molar-refractivity contribution in [3.63, 3.8) is 0 Å². The number of rotatable bonds is 8. The summed E-state index contributed by atoms with van der Waals surface area (Å²) < 4.78 is 22.4. The van der Waals surface area contributed by atoms with Gasteiger partial charge in [0.2, 0.25) is 5.95 Å². The zero-order chi connectivity index (χ0) is 20.4. The van der Waals surface area contributed by atoms with Crippen LogP contribution in [0.5, 0.6) is 0 Å². The molecule has 0 aromatic carbocycles. The molecule has 0 aliphatic rings. The van der Waals surface area contributed by atoms with Gasteiger partial charge in [-0.25, -0.2) is 14.6 Å². The zero-order valence-corrected chi connectivity index (χ0v) is 16.1. The molecule has 0 radical (unpaired) electrons. The quantitative estimate of drug-likeness (QED) is 0.510. The molecule has 0 saturated carbocycles. The van der Waals surface area contributed by atoms with Crippen molar-refractivity contribution in [3.05, 3.63) is 29.8 Å². The zero-order valence-electron chi connectivity index (χ0n) is 15.4. The van der Waals surface area contributed by atoms with E-state index in [0.717, 1.165) is 6.07 Å². The summed E-state index contributed by atoms with van der Waals surface area (Å²) >= 11 is 5.09. The molecule has 0 saturated heterocycles. The number of nitrogens with zero attached hydrogens (tertiary/aromatic N) is 1. The maximum absolute atomic E-state index is 13.1. The average Bonchev–Trinajstić information content (AvgIpc) is 2.58. The highest BCUT2D eigenvalue weighted by molar-refractivity contribution is 6.14. The topological polar surface area (TPSA) is 107 Å². The van der Waals surface area contributed by atoms with Crippen LogP contribution < -0.4 is 10.6 Å². The first-order chi connectivity index (χ1) is 12.6. The summed E-state index contributed by atoms with van der Waals surface area (Å²) in [6.45, 7) is 5.60. The predicted molar refractivity (Wildman–Crippen MR) is 95.5 cm³/mol. The highest BCUT2D eigenvalue weighted by atomic mass is 35.5. The highest BCUT2D eigenvalue weighted by Gasteiger charge is 2.23. The van der Waals surface area contributed by atoms with Crippen LogP contribution in [0.4, 0.5) is 9.18 Å². The van der Waals surface area contributed by atoms with Crippen LogP contribution in [0, 0.1) is 5.95 Å². The molecular weight excluding hydrogens is 381 g/mol. The van der Waals surface area contributed by atoms with Gasteiger partial charge in [-0.2, -0.15) is 4.39 Å². The lowest BCUT2D eigenvalue weighted by atomic mass is 10.1. The number of amides is 2. The first kappa shape index (κ1) is 22.6. The Kier molecular flexibility index (Phi) is 8.93. The number of carbonyl (C=O) groups excluding carboxylic acids is 3. The third kappa shape index (κ3) is 9.18. The standard InChI is InChI=1S/C17H23ClFN3O5/c1-17(2,3)26-16(25)20-10-5-4-7-12(15(24)27-18)22-14(23)11-8-6-9-13(19)21-11/h6,8-9,12H,4-5,7,10H2,1-3H3,(H,20,25)(H,22,23)/t12-/m0/s1. The van der Waals surface area contributed by atoms with Gasteiger partial charge in [-0.15, -0.1) is 0 Å². The molecule has 1 heterocycles. The van der Waals surface area contributed by atoms with Gasteiger partial charge in [0.25, 0.3) is 5.91 Å². The van der Waals surface area contributed by atoms with Gasteiger partial charge >= 0.3 is 12.1 Å². The van der Waals surface area contributed by atoms with Crippen LogP contribution in [-0.4, -0.2) is 41.1 Å². The number of ether oxygens (including phenoxy) is 1. The molecule has 10 heteroatoms. The second kappa shape index (κ2) is 10.7. The lowest BCUT2D eigenvalue weighted by molar-refractivity contribution is -0.136. The number of alkyl carbamates (subject to hydrolysis) is 1. The van der Waals surface area contributed by atoms with Gasteiger partial charge < -0.3 is 19.7 Å². The highest BCUT2D eigenvalue weighted by Crippen LogP contribution is 2.08. The third-order valence-electron chi connectivity index (χ3n) is 3.20. The van der Waals surface area contributed by atoms with Gasteiger partial charge in [0.05, 0.1) is 0 Å². The van der Waals surface area contributed by atoms with Crippen molar-refractivity contribution in [3.8, 4) is 0 Å². The van der Waals surface area contributed by atoms with Gasteiger partial charge in [0, 0.05) is 6.54 Å². The first-order valence-corrected chi connectivity index (χ1v) is 8.66. The molecule has 1 rings (SSSR count). The van der Waals surface area contributed by atoms with Gasteiger partial charge in [0.1, 0.15) is 29.2 Å². The summed E-state index contributed by atoms with van der Waals surface area (Å²) in [5.41, 5.74) is -0.761. The molecule has 0 fully saturated rings. The van der Waals surface area contributed by atoms with E-state index >= 15 is 0 Å². The van der Waals surface area contributed by atoms with E-state index in [1.54, 1.807) is 20.8 Å². The Morgan fingerprint density at radius 1 is 1.26 bits per heavy atom. The van der Waals surface area contributed by atoms with E-state index in [-0.39, 0.29) is 12.1 Å². The predicted octanol–water partition coefficient (Wildman–Crippen LogP) is 2.71. The van der Waals surface area contributed by atoms with Crippen molar-refractivity contribution in [2.24, 2.45) is 0 Å². The number of unbranched alkanes of at least 4 members (excludes halogenated alkanes) is 1. The molecule has 0 aliphatic carbocycles. The van der Waals surface area contributed by atoms with Crippen LogP contribution in [0.2, 0.25) is 0 Å². The Hall–Kier alpha value is -2.42. The summed E-state index contributed by atoms with van der Waals surface area (Å²) in [5, 5.41) is 4.99. The Morgan fingerprint density at radius 2 is 1.96 bits per heavy atom. The van der Waals surface area contributed by atoms with Crippen molar-refractivity contribution in [1.82, 2.24) is 15.6 Å². The summed E-state index contributed by atoms with van der Waals surface area (Å²) in [6, 6.07) is 2.71. The number of hydrogen-bond donors (Lipinski definition) is 2. The molecule has 2 amide bonds. The fourth-order valence-electron chi connectivity index (χ4n) is 2.05. The smallest absolute Gasteiger partial charge is 0.407 e. The number of hydrogen-bond acceptors (Lipinski definition) is 6. The van der Waals surface area contributed by atoms with Gasteiger partial charge in [-0.05, 0) is 52.2 Å². The van der Waals surface area contributed by atoms with Crippen LogP contribution in [0.25, 0.3) is 0 Å². The van der Waals surface area contributed by atoms with Crippen molar-refractivity contribution in [2.75, 3.05) is 6.54 Å². The summed E-state index contributed by atoms with van der Waals surface area (Å²) in [4.78, 5) is 38.8. The monoisotopic (exact) mass is 403 g/mol. The summed E-state index contributed by atoms with van der Waals surface area (Å²) in [5.74, 6) is -2.39. The number of nitrogens with one attached hydrogen (secondary N) is 2. The molecular formula is C17H23ClFN3O5. The van der Waals surface area contributed by atoms with E-state index in [4.69, 9.17) is 16.6 Å². The van der Waals surface area contributed by atoms with Crippen LogP contribution in [0.3, 0.4) is 0 Å². The lowest BCUT2D eigenvalue weighted by Crippen LogP contribution is -2.41. The Balaban J connectivity index is 2.46. The number of halogens is 2. The van der Waals surface area contributed by atoms with Gasteiger partial charge in [0.15, 0.2) is 0 Å². The third-order valence-corrected chi connectivity index (χ3v) is 3.35. The van der Waals surface area contributed by atoms with E-state index < -0.39 is 35.6 Å². The minimum absolute atomic E-state index is 0.172. The van der Waals surface area contributed by atoms with Crippen molar-refractivity contribution in [2.45, 2.75) is 51.7 Å². The van der Waals surface area contributed by atoms with Crippen LogP contribution in [-0.2, 0) is 13.8 Å². The van der Waals surface area contributed by atoms with Crippen LogP contribution in [0.1, 0.15) is 50.5 Å². The van der Waals surface area contributed by atoms with E-state index in [1.165, 1.54) is 12.1 Å². The molecule has 0 spiro atoms. The normalized spacial score (nSPS) is 12.0. The van der Waals surface area contributed by atoms with Gasteiger partial charge in [-0.1, -0.05) is 6.07 Å². The summed E-state index contributed by atoms with van der Waals surface area (Å²) in [6.07, 6.45) is 0.676. The van der Waals surface area contributed by atoms with E-state index in [0.29, 0.717) is 19.4 Å². The Bertz CT molecular complexity index is 666. The molecule has 0 aliphatic heterocycles. The number of pyridine rings is 1. The second-order valence-corrected chi connectivity index (χ2v) is 6.85. The second-order valence-electron chi connectivity index (χ2n) is 6.69. The van der Waals surface area contributed by atoms with E-state index in [2.05, 4.69) is 19.9 Å². The fraction of sp³-hybridized carbons (Fsp3) is 0.529. The SMILES string of the molecule is CC(C)(C)OC(=O)NCCCC[C@H](NC(=O)c1cccc(F)n1)C(=O)OCl. The minimum atomic E-state index is -1.03. The van der Waals surface area contributed by atoms with Crippen molar-refractivity contribution >= 4 is 29.8 Å². The Morgan fingerprint density at radius 3 is 2.56 bits per heavy atom. The molecule has 0 unspecified atom stereocenters. The molecule has 1 aromatic rings. The maximum atomic E-state index is 13.1. The van der Waals surface area contributed by atoms with Gasteiger partial charge in [-0.3, -0.25) is 4.79 Å². The van der Waals surface area contributed by atoms with E-state index in [1.807, 2.05) is 0 Å². The lowest BCUT2D eigenvalue weighted by Gasteiger charge is -2.19. The van der Waals surface area contributed by atoms with Crippen molar-refractivity contribution < 1.29 is 27.8 Å². The van der Waals surface area contributed by atoms with Crippen LogP contribution in [0.15, 0.2) is 18.2 Å². The molecule has 1 atom stereocenters. The minimum Gasteiger partial charge on any atom is -0.444 e. The Labute approximate surface area is 161 Å². The molecule has 2 N–H and O–H groups in total.